The Kier molecular flexibility index (Phi) is 4.13. The monoisotopic (exact) mass is 334 g/mol. The topological polar surface area (TPSA) is 46.3 Å². The molecule has 1 heterocycles. The Balaban J connectivity index is 1.95. The normalized spacial score (nSPS) is 20.9. The van der Waals surface area contributed by atoms with Crippen molar-refractivity contribution in [2.75, 3.05) is 4.90 Å². The first-order chi connectivity index (χ1) is 10.5. The summed E-state index contributed by atoms with van der Waals surface area (Å²) >= 11 is 12.0. The van der Waals surface area contributed by atoms with Crippen molar-refractivity contribution in [1.29, 1.82) is 0 Å². The van der Waals surface area contributed by atoms with E-state index in [4.69, 9.17) is 28.9 Å². The van der Waals surface area contributed by atoms with Gasteiger partial charge in [0.15, 0.2) is 0 Å². The van der Waals surface area contributed by atoms with Gasteiger partial charge < -0.3 is 10.6 Å². The molecule has 1 amide bonds. The molecule has 2 N–H and O–H groups in total. The lowest BCUT2D eigenvalue weighted by Crippen LogP contribution is -2.63. The van der Waals surface area contributed by atoms with Crippen LogP contribution in [-0.2, 0) is 11.2 Å². The Morgan fingerprint density at radius 2 is 1.77 bits per heavy atom. The van der Waals surface area contributed by atoms with Gasteiger partial charge >= 0.3 is 0 Å². The smallest absolute Gasteiger partial charge is 0.247 e. The van der Waals surface area contributed by atoms with Gasteiger partial charge in [-0.05, 0) is 35.7 Å². The van der Waals surface area contributed by atoms with Crippen molar-refractivity contribution in [3.05, 3.63) is 63.6 Å². The fraction of sp³-hybridized carbons (Fsp3) is 0.235. The van der Waals surface area contributed by atoms with E-state index in [9.17, 15) is 4.79 Å². The van der Waals surface area contributed by atoms with Gasteiger partial charge in [0.05, 0.1) is 16.1 Å². The molecule has 0 aromatic heterocycles. The van der Waals surface area contributed by atoms with Gasteiger partial charge in [0, 0.05) is 5.69 Å². The minimum Gasteiger partial charge on any atom is -0.318 e. The van der Waals surface area contributed by atoms with Crippen LogP contribution in [0.1, 0.15) is 24.1 Å². The van der Waals surface area contributed by atoms with E-state index in [-0.39, 0.29) is 11.9 Å². The molecule has 2 atom stereocenters. The highest BCUT2D eigenvalue weighted by molar-refractivity contribution is 6.42. The molecule has 0 bridgehead atoms. The maximum absolute atomic E-state index is 12.2. The highest BCUT2D eigenvalue weighted by atomic mass is 35.5. The number of anilines is 1. The van der Waals surface area contributed by atoms with E-state index < -0.39 is 6.04 Å². The van der Waals surface area contributed by atoms with Gasteiger partial charge in [0.25, 0.3) is 0 Å². The molecule has 3 nitrogen and oxygen atoms in total. The van der Waals surface area contributed by atoms with Crippen LogP contribution in [0.2, 0.25) is 10.0 Å². The summed E-state index contributed by atoms with van der Waals surface area (Å²) in [6.07, 6.45) is 0.979. The van der Waals surface area contributed by atoms with Crippen LogP contribution >= 0.6 is 23.2 Å². The average molecular weight is 335 g/mol. The molecule has 2 aromatic rings. The van der Waals surface area contributed by atoms with E-state index in [1.54, 1.807) is 23.1 Å². The molecule has 114 valence electrons. The van der Waals surface area contributed by atoms with Crippen molar-refractivity contribution in [2.24, 2.45) is 5.73 Å². The number of halogens is 2. The van der Waals surface area contributed by atoms with Crippen LogP contribution in [-0.4, -0.2) is 11.9 Å². The molecule has 1 fully saturated rings. The third-order valence-corrected chi connectivity index (χ3v) is 4.79. The maximum atomic E-state index is 12.2. The number of rotatable bonds is 3. The molecule has 0 radical (unpaired) electrons. The van der Waals surface area contributed by atoms with Crippen LogP contribution in [0, 0.1) is 0 Å². The number of aryl methyl sites for hydroxylation is 1. The fourth-order valence-electron chi connectivity index (χ4n) is 2.74. The molecular weight excluding hydrogens is 319 g/mol. The standard InChI is InChI=1S/C17H16Cl2N2O/c1-2-10-3-5-11(6-4-10)16-15(20)17(22)21(16)12-7-8-13(18)14(19)9-12/h3-9,15-16H,2,20H2,1H3/t15-,16-/m1/s1. The lowest BCUT2D eigenvalue weighted by Gasteiger charge is -2.45. The van der Waals surface area contributed by atoms with Crippen LogP contribution in [0.15, 0.2) is 42.5 Å². The Hall–Kier alpha value is -1.55. The van der Waals surface area contributed by atoms with E-state index in [0.29, 0.717) is 15.7 Å². The molecule has 0 saturated carbocycles. The number of amides is 1. The van der Waals surface area contributed by atoms with Crippen LogP contribution < -0.4 is 10.6 Å². The van der Waals surface area contributed by atoms with Gasteiger partial charge in [-0.3, -0.25) is 4.79 Å². The summed E-state index contributed by atoms with van der Waals surface area (Å²) in [4.78, 5) is 13.9. The summed E-state index contributed by atoms with van der Waals surface area (Å²) in [5.74, 6) is -0.108. The quantitative estimate of drug-likeness (QED) is 0.863. The molecule has 22 heavy (non-hydrogen) atoms. The van der Waals surface area contributed by atoms with E-state index in [1.165, 1.54) is 5.56 Å². The number of hydrogen-bond donors (Lipinski definition) is 1. The van der Waals surface area contributed by atoms with E-state index >= 15 is 0 Å². The van der Waals surface area contributed by atoms with E-state index in [0.717, 1.165) is 12.0 Å². The van der Waals surface area contributed by atoms with Crippen LogP contribution in [0.4, 0.5) is 5.69 Å². The van der Waals surface area contributed by atoms with Crippen molar-refractivity contribution in [1.82, 2.24) is 0 Å². The molecule has 0 aliphatic carbocycles. The van der Waals surface area contributed by atoms with Gasteiger partial charge in [0.1, 0.15) is 6.04 Å². The third kappa shape index (κ3) is 2.50. The zero-order chi connectivity index (χ0) is 15.9. The van der Waals surface area contributed by atoms with Crippen molar-refractivity contribution in [3.63, 3.8) is 0 Å². The van der Waals surface area contributed by atoms with Gasteiger partial charge in [0.2, 0.25) is 5.91 Å². The van der Waals surface area contributed by atoms with Gasteiger partial charge in [-0.25, -0.2) is 0 Å². The summed E-state index contributed by atoms with van der Waals surface area (Å²) in [5, 5.41) is 0.888. The Morgan fingerprint density at radius 3 is 2.36 bits per heavy atom. The molecule has 0 unspecified atom stereocenters. The number of hydrogen-bond acceptors (Lipinski definition) is 2. The largest absolute Gasteiger partial charge is 0.318 e. The van der Waals surface area contributed by atoms with E-state index in [2.05, 4.69) is 19.1 Å². The highest BCUT2D eigenvalue weighted by Crippen LogP contribution is 2.40. The van der Waals surface area contributed by atoms with E-state index in [1.807, 2.05) is 12.1 Å². The first-order valence-corrected chi connectivity index (χ1v) is 7.91. The molecule has 0 spiro atoms. The van der Waals surface area contributed by atoms with Crippen LogP contribution in [0.5, 0.6) is 0 Å². The lowest BCUT2D eigenvalue weighted by atomic mass is 9.88. The number of carbonyl (C=O) groups is 1. The summed E-state index contributed by atoms with van der Waals surface area (Å²) in [5.41, 5.74) is 9.01. The van der Waals surface area contributed by atoms with Crippen LogP contribution in [0.25, 0.3) is 0 Å². The molecule has 5 heteroatoms. The van der Waals surface area contributed by atoms with Gasteiger partial charge in [-0.1, -0.05) is 54.4 Å². The summed E-state index contributed by atoms with van der Waals surface area (Å²) in [6.45, 7) is 2.11. The molecule has 3 rings (SSSR count). The average Bonchev–Trinajstić information content (AvgIpc) is 2.54. The zero-order valence-electron chi connectivity index (χ0n) is 12.1. The Labute approximate surface area is 139 Å². The molecule has 1 saturated heterocycles. The summed E-state index contributed by atoms with van der Waals surface area (Å²) in [7, 11) is 0. The second-order valence-corrected chi connectivity index (χ2v) is 6.19. The van der Waals surface area contributed by atoms with Gasteiger partial charge in [-0.15, -0.1) is 0 Å². The van der Waals surface area contributed by atoms with Crippen molar-refractivity contribution in [2.45, 2.75) is 25.4 Å². The first kappa shape index (κ1) is 15.3. The Bertz CT molecular complexity index is 715. The number of benzene rings is 2. The maximum Gasteiger partial charge on any atom is 0.247 e. The molecule has 1 aliphatic heterocycles. The second kappa shape index (κ2) is 5.92. The minimum atomic E-state index is -0.526. The second-order valence-electron chi connectivity index (χ2n) is 5.37. The minimum absolute atomic E-state index is 0.108. The number of nitrogens with two attached hydrogens (primary N) is 1. The predicted molar refractivity (Wildman–Crippen MR) is 90.5 cm³/mol. The lowest BCUT2D eigenvalue weighted by molar-refractivity contribution is -0.126. The number of β-lactam (4-membered cyclic amide) rings is 1. The summed E-state index contributed by atoms with van der Waals surface area (Å²) < 4.78 is 0. The molecular formula is C17H16Cl2N2O. The predicted octanol–water partition coefficient (Wildman–Crippen LogP) is 3.97. The van der Waals surface area contributed by atoms with Crippen LogP contribution in [0.3, 0.4) is 0 Å². The summed E-state index contributed by atoms with van der Waals surface area (Å²) in [6, 6.07) is 12.7. The number of carbonyl (C=O) groups excluding carboxylic acids is 1. The number of nitrogens with zero attached hydrogens (tertiary/aromatic N) is 1. The van der Waals surface area contributed by atoms with Crippen molar-refractivity contribution >= 4 is 34.8 Å². The molecule has 2 aromatic carbocycles. The van der Waals surface area contributed by atoms with Crippen molar-refractivity contribution in [3.8, 4) is 0 Å². The third-order valence-electron chi connectivity index (χ3n) is 4.05. The van der Waals surface area contributed by atoms with Crippen molar-refractivity contribution < 1.29 is 4.79 Å². The van der Waals surface area contributed by atoms with Gasteiger partial charge in [-0.2, -0.15) is 0 Å². The fourth-order valence-corrected chi connectivity index (χ4v) is 3.03. The molecule has 1 aliphatic rings. The Morgan fingerprint density at radius 1 is 1.09 bits per heavy atom. The zero-order valence-corrected chi connectivity index (χ0v) is 13.6. The highest BCUT2D eigenvalue weighted by Gasteiger charge is 2.46. The SMILES string of the molecule is CCc1ccc([C@@H]2[C@@H](N)C(=O)N2c2ccc(Cl)c(Cl)c2)cc1. The first-order valence-electron chi connectivity index (χ1n) is 7.15.